The van der Waals surface area contributed by atoms with Crippen molar-refractivity contribution in [2.45, 2.75) is 41.0 Å². The zero-order valence-electron chi connectivity index (χ0n) is 11.2. The van der Waals surface area contributed by atoms with Crippen molar-refractivity contribution in [1.29, 1.82) is 0 Å². The van der Waals surface area contributed by atoms with Gasteiger partial charge in [-0.05, 0) is 40.2 Å². The largest absolute Gasteiger partial charge is 0.478 e. The molecule has 0 rings (SSSR count). The topological polar surface area (TPSA) is 49.7 Å². The van der Waals surface area contributed by atoms with Gasteiger partial charge in [0.2, 0.25) is 0 Å². The molecule has 3 heteroatoms. The van der Waals surface area contributed by atoms with Gasteiger partial charge in [-0.15, -0.1) is 0 Å². The van der Waals surface area contributed by atoms with Crippen molar-refractivity contribution < 1.29 is 9.90 Å². The number of hydrogen-bond acceptors (Lipinski definition) is 2. The van der Waals surface area contributed by atoms with Gasteiger partial charge in [0, 0.05) is 5.71 Å². The molecule has 17 heavy (non-hydrogen) atoms. The Kier molecular flexibility index (Phi) is 6.87. The molecule has 0 saturated carbocycles. The van der Waals surface area contributed by atoms with E-state index < -0.39 is 5.97 Å². The van der Waals surface area contributed by atoms with E-state index in [1.54, 1.807) is 6.92 Å². The first-order chi connectivity index (χ1) is 7.92. The molecule has 0 aliphatic carbocycles. The number of nitrogens with zero attached hydrogens (tertiary/aromatic N) is 1. The van der Waals surface area contributed by atoms with Crippen molar-refractivity contribution in [3.63, 3.8) is 0 Å². The van der Waals surface area contributed by atoms with Crippen molar-refractivity contribution in [3.8, 4) is 0 Å². The highest BCUT2D eigenvalue weighted by molar-refractivity contribution is 5.95. The van der Waals surface area contributed by atoms with Gasteiger partial charge in [-0.3, -0.25) is 4.99 Å². The van der Waals surface area contributed by atoms with E-state index in [2.05, 4.69) is 4.99 Å². The van der Waals surface area contributed by atoms with E-state index in [1.807, 2.05) is 45.9 Å². The summed E-state index contributed by atoms with van der Waals surface area (Å²) in [6, 6.07) is 0. The SMILES string of the molecule is C\C=C(C)/C=C\C(C)=N\C(CC)=C(/C)C(=O)O. The molecule has 0 spiro atoms. The van der Waals surface area contributed by atoms with Crippen molar-refractivity contribution >= 4 is 11.7 Å². The second-order valence-corrected chi connectivity index (χ2v) is 3.85. The second-order valence-electron chi connectivity index (χ2n) is 3.85. The molecule has 1 N–H and O–H groups in total. The average molecular weight is 235 g/mol. The van der Waals surface area contributed by atoms with E-state index in [0.717, 1.165) is 11.3 Å². The zero-order valence-corrected chi connectivity index (χ0v) is 11.2. The van der Waals surface area contributed by atoms with Gasteiger partial charge in [0.05, 0.1) is 11.3 Å². The van der Waals surface area contributed by atoms with Crippen molar-refractivity contribution in [2.75, 3.05) is 0 Å². The van der Waals surface area contributed by atoms with E-state index in [-0.39, 0.29) is 0 Å². The van der Waals surface area contributed by atoms with Gasteiger partial charge in [-0.25, -0.2) is 4.79 Å². The number of rotatable bonds is 5. The van der Waals surface area contributed by atoms with Crippen LogP contribution >= 0.6 is 0 Å². The Hall–Kier alpha value is -1.64. The molecule has 0 fully saturated rings. The molecule has 0 heterocycles. The summed E-state index contributed by atoms with van der Waals surface area (Å²) in [7, 11) is 0. The maximum atomic E-state index is 10.8. The summed E-state index contributed by atoms with van der Waals surface area (Å²) in [6.07, 6.45) is 6.47. The minimum Gasteiger partial charge on any atom is -0.478 e. The van der Waals surface area contributed by atoms with Gasteiger partial charge in [0.1, 0.15) is 0 Å². The lowest BCUT2D eigenvalue weighted by Crippen LogP contribution is -2.01. The molecule has 0 unspecified atom stereocenters. The van der Waals surface area contributed by atoms with Crippen molar-refractivity contribution in [1.82, 2.24) is 0 Å². The van der Waals surface area contributed by atoms with Crippen LogP contribution in [0.25, 0.3) is 0 Å². The fraction of sp³-hybridized carbons (Fsp3) is 0.429. The fourth-order valence-corrected chi connectivity index (χ4v) is 1.15. The van der Waals surface area contributed by atoms with Crippen LogP contribution in [0.15, 0.2) is 40.1 Å². The maximum absolute atomic E-state index is 10.8. The number of carboxylic acid groups (broad SMARTS) is 1. The van der Waals surface area contributed by atoms with E-state index in [4.69, 9.17) is 5.11 Å². The lowest BCUT2D eigenvalue weighted by Gasteiger charge is -2.02. The van der Waals surface area contributed by atoms with E-state index in [1.165, 1.54) is 0 Å². The summed E-state index contributed by atoms with van der Waals surface area (Å²) in [5, 5.41) is 8.90. The van der Waals surface area contributed by atoms with Crippen LogP contribution in [0.1, 0.15) is 41.0 Å². The molecule has 0 saturated heterocycles. The van der Waals surface area contributed by atoms with Crippen LogP contribution in [0.2, 0.25) is 0 Å². The Morgan fingerprint density at radius 3 is 2.24 bits per heavy atom. The summed E-state index contributed by atoms with van der Waals surface area (Å²) in [6.45, 7) is 9.32. The molecule has 0 radical (unpaired) electrons. The monoisotopic (exact) mass is 235 g/mol. The highest BCUT2D eigenvalue weighted by atomic mass is 16.4. The van der Waals surface area contributed by atoms with Crippen LogP contribution in [0.5, 0.6) is 0 Å². The number of carboxylic acids is 1. The van der Waals surface area contributed by atoms with E-state index in [9.17, 15) is 4.79 Å². The first-order valence-corrected chi connectivity index (χ1v) is 5.71. The number of hydrogen-bond donors (Lipinski definition) is 1. The molecular weight excluding hydrogens is 214 g/mol. The third-order valence-electron chi connectivity index (χ3n) is 2.44. The molecule has 94 valence electrons. The van der Waals surface area contributed by atoms with Gasteiger partial charge in [-0.1, -0.05) is 24.6 Å². The summed E-state index contributed by atoms with van der Waals surface area (Å²) in [4.78, 5) is 15.2. The quantitative estimate of drug-likeness (QED) is 0.448. The molecule has 0 aromatic heterocycles. The van der Waals surface area contributed by atoms with Gasteiger partial charge in [0.15, 0.2) is 0 Å². The lowest BCUT2D eigenvalue weighted by atomic mass is 10.2. The third-order valence-corrected chi connectivity index (χ3v) is 2.44. The number of aliphatic imine (C=N–C) groups is 1. The molecule has 0 aromatic carbocycles. The Bertz CT molecular complexity index is 398. The molecular formula is C14H21NO2. The van der Waals surface area contributed by atoms with Gasteiger partial charge < -0.3 is 5.11 Å². The van der Waals surface area contributed by atoms with Crippen LogP contribution in [-0.4, -0.2) is 16.8 Å². The van der Waals surface area contributed by atoms with Gasteiger partial charge >= 0.3 is 5.97 Å². The summed E-state index contributed by atoms with van der Waals surface area (Å²) in [5.74, 6) is -0.910. The molecule has 0 atom stereocenters. The minimum absolute atomic E-state index is 0.308. The predicted molar refractivity (Wildman–Crippen MR) is 72.3 cm³/mol. The van der Waals surface area contributed by atoms with Crippen LogP contribution in [-0.2, 0) is 4.79 Å². The Balaban J connectivity index is 5.06. The zero-order chi connectivity index (χ0) is 13.4. The number of allylic oxidation sites excluding steroid dienone is 5. The Morgan fingerprint density at radius 2 is 1.82 bits per heavy atom. The first kappa shape index (κ1) is 15.4. The Morgan fingerprint density at radius 1 is 1.24 bits per heavy atom. The van der Waals surface area contributed by atoms with Crippen LogP contribution in [0.3, 0.4) is 0 Å². The van der Waals surface area contributed by atoms with Crippen LogP contribution in [0, 0.1) is 0 Å². The number of carbonyl (C=O) groups is 1. The molecule has 3 nitrogen and oxygen atoms in total. The average Bonchev–Trinajstić information content (AvgIpc) is 2.31. The summed E-state index contributed by atoms with van der Waals surface area (Å²) >= 11 is 0. The smallest absolute Gasteiger partial charge is 0.333 e. The standard InChI is InChI=1S/C14H21NO2/c1-6-10(3)8-9-11(4)15-13(7-2)12(5)14(16)17/h6,8-9H,7H2,1-5H3,(H,16,17)/b9-8-,10-6-,13-12+,15-11+. The molecule has 0 aliphatic rings. The molecule has 0 aromatic rings. The normalized spacial score (nSPS) is 15.1. The lowest BCUT2D eigenvalue weighted by molar-refractivity contribution is -0.132. The van der Waals surface area contributed by atoms with Gasteiger partial charge in [0.25, 0.3) is 0 Å². The van der Waals surface area contributed by atoms with Crippen molar-refractivity contribution in [2.24, 2.45) is 4.99 Å². The number of aliphatic carboxylic acids is 1. The Labute approximate surface area is 103 Å². The van der Waals surface area contributed by atoms with E-state index in [0.29, 0.717) is 17.7 Å². The summed E-state index contributed by atoms with van der Waals surface area (Å²) in [5.41, 5.74) is 2.89. The highest BCUT2D eigenvalue weighted by Gasteiger charge is 2.06. The van der Waals surface area contributed by atoms with Gasteiger partial charge in [-0.2, -0.15) is 0 Å². The molecule has 0 aliphatic heterocycles. The maximum Gasteiger partial charge on any atom is 0.333 e. The highest BCUT2D eigenvalue weighted by Crippen LogP contribution is 2.11. The third kappa shape index (κ3) is 5.85. The van der Waals surface area contributed by atoms with Crippen molar-refractivity contribution in [3.05, 3.63) is 35.1 Å². The fourth-order valence-electron chi connectivity index (χ4n) is 1.15. The second kappa shape index (κ2) is 7.60. The molecule has 0 bridgehead atoms. The summed E-state index contributed by atoms with van der Waals surface area (Å²) < 4.78 is 0. The van der Waals surface area contributed by atoms with E-state index >= 15 is 0 Å². The van der Waals surface area contributed by atoms with Crippen LogP contribution in [0.4, 0.5) is 0 Å². The predicted octanol–water partition coefficient (Wildman–Crippen LogP) is 3.74. The minimum atomic E-state index is -0.910. The first-order valence-electron chi connectivity index (χ1n) is 5.71. The molecule has 0 amide bonds. The van der Waals surface area contributed by atoms with Crippen LogP contribution < -0.4 is 0 Å².